The molecule has 4 heteroatoms. The van der Waals surface area contributed by atoms with Gasteiger partial charge in [-0.15, -0.1) is 11.8 Å². The van der Waals surface area contributed by atoms with Gasteiger partial charge >= 0.3 is 0 Å². The van der Waals surface area contributed by atoms with E-state index in [-0.39, 0.29) is 0 Å². The normalized spacial score (nSPS) is 10.6. The number of thioether (sulfide) groups is 1. The molecule has 0 saturated carbocycles. The van der Waals surface area contributed by atoms with Gasteiger partial charge in [0.25, 0.3) is 0 Å². The SMILES string of the molecule is Cc1nc(SCCCN)cc(-c2ccccc2)n1. The zero-order valence-corrected chi connectivity index (χ0v) is 11.3. The molecule has 94 valence electrons. The lowest BCUT2D eigenvalue weighted by Crippen LogP contribution is -2.00. The molecule has 1 heterocycles. The fraction of sp³-hybridized carbons (Fsp3) is 0.286. The second-order valence-corrected chi connectivity index (χ2v) is 5.11. The third-order valence-electron chi connectivity index (χ3n) is 2.48. The van der Waals surface area contributed by atoms with Crippen molar-refractivity contribution in [1.82, 2.24) is 9.97 Å². The van der Waals surface area contributed by atoms with Crippen molar-refractivity contribution in [3.63, 3.8) is 0 Å². The molecule has 2 aromatic rings. The summed E-state index contributed by atoms with van der Waals surface area (Å²) in [5.74, 6) is 1.81. The summed E-state index contributed by atoms with van der Waals surface area (Å²) in [6.07, 6.45) is 1.01. The van der Waals surface area contributed by atoms with E-state index in [1.165, 1.54) is 0 Å². The number of nitrogens with zero attached hydrogens (tertiary/aromatic N) is 2. The zero-order chi connectivity index (χ0) is 12.8. The van der Waals surface area contributed by atoms with Gasteiger partial charge in [-0.05, 0) is 26.0 Å². The molecule has 1 aromatic carbocycles. The fourth-order valence-electron chi connectivity index (χ4n) is 1.63. The Labute approximate surface area is 112 Å². The van der Waals surface area contributed by atoms with Crippen molar-refractivity contribution in [2.24, 2.45) is 5.73 Å². The number of aromatic nitrogens is 2. The van der Waals surface area contributed by atoms with Crippen LogP contribution in [0.15, 0.2) is 41.4 Å². The number of nitrogens with two attached hydrogens (primary N) is 1. The minimum Gasteiger partial charge on any atom is -0.330 e. The van der Waals surface area contributed by atoms with E-state index in [2.05, 4.69) is 22.1 Å². The Kier molecular flexibility index (Phi) is 4.73. The van der Waals surface area contributed by atoms with Crippen molar-refractivity contribution >= 4 is 11.8 Å². The number of hydrogen-bond donors (Lipinski definition) is 1. The van der Waals surface area contributed by atoms with Gasteiger partial charge in [0.05, 0.1) is 5.69 Å². The Morgan fingerprint density at radius 1 is 1.17 bits per heavy atom. The van der Waals surface area contributed by atoms with Gasteiger partial charge in [0.2, 0.25) is 0 Å². The van der Waals surface area contributed by atoms with E-state index in [1.807, 2.05) is 31.2 Å². The Morgan fingerprint density at radius 2 is 1.94 bits per heavy atom. The van der Waals surface area contributed by atoms with Gasteiger partial charge in [0.15, 0.2) is 0 Å². The zero-order valence-electron chi connectivity index (χ0n) is 10.5. The predicted molar refractivity (Wildman–Crippen MR) is 76.6 cm³/mol. The molecule has 0 saturated heterocycles. The topological polar surface area (TPSA) is 51.8 Å². The molecule has 3 nitrogen and oxygen atoms in total. The molecule has 1 aromatic heterocycles. The van der Waals surface area contributed by atoms with E-state index in [4.69, 9.17) is 5.73 Å². The monoisotopic (exact) mass is 259 g/mol. The first kappa shape index (κ1) is 13.1. The number of hydrogen-bond acceptors (Lipinski definition) is 4. The average molecular weight is 259 g/mol. The quantitative estimate of drug-likeness (QED) is 0.509. The summed E-state index contributed by atoms with van der Waals surface area (Å²) in [5.41, 5.74) is 7.61. The highest BCUT2D eigenvalue weighted by molar-refractivity contribution is 7.99. The van der Waals surface area contributed by atoms with Crippen molar-refractivity contribution < 1.29 is 0 Å². The van der Waals surface area contributed by atoms with Gasteiger partial charge in [0, 0.05) is 11.3 Å². The van der Waals surface area contributed by atoms with Gasteiger partial charge in [-0.1, -0.05) is 30.3 Å². The molecule has 0 aliphatic rings. The van der Waals surface area contributed by atoms with Gasteiger partial charge < -0.3 is 5.73 Å². The molecule has 0 radical (unpaired) electrons. The molecule has 0 amide bonds. The van der Waals surface area contributed by atoms with E-state index < -0.39 is 0 Å². The lowest BCUT2D eigenvalue weighted by Gasteiger charge is -2.05. The molecule has 0 unspecified atom stereocenters. The van der Waals surface area contributed by atoms with Crippen LogP contribution < -0.4 is 5.73 Å². The molecule has 0 aliphatic heterocycles. The Hall–Kier alpha value is -1.39. The number of benzene rings is 1. The maximum atomic E-state index is 5.50. The largest absolute Gasteiger partial charge is 0.330 e. The second kappa shape index (κ2) is 6.52. The summed E-state index contributed by atoms with van der Waals surface area (Å²) < 4.78 is 0. The van der Waals surface area contributed by atoms with Crippen LogP contribution in [-0.4, -0.2) is 22.3 Å². The van der Waals surface area contributed by atoms with Crippen molar-refractivity contribution in [2.75, 3.05) is 12.3 Å². The van der Waals surface area contributed by atoms with Gasteiger partial charge in [0.1, 0.15) is 10.9 Å². The van der Waals surface area contributed by atoms with E-state index in [1.54, 1.807) is 11.8 Å². The van der Waals surface area contributed by atoms with Crippen LogP contribution in [0.25, 0.3) is 11.3 Å². The molecule has 0 atom stereocenters. The van der Waals surface area contributed by atoms with Crippen molar-refractivity contribution in [3.05, 3.63) is 42.2 Å². The highest BCUT2D eigenvalue weighted by Crippen LogP contribution is 2.23. The van der Waals surface area contributed by atoms with Crippen molar-refractivity contribution in [2.45, 2.75) is 18.4 Å². The molecule has 2 rings (SSSR count). The first-order chi connectivity index (χ1) is 8.79. The van der Waals surface area contributed by atoms with Crippen LogP contribution in [-0.2, 0) is 0 Å². The summed E-state index contributed by atoms with van der Waals surface area (Å²) in [4.78, 5) is 8.93. The number of rotatable bonds is 5. The molecular formula is C14H17N3S. The van der Waals surface area contributed by atoms with Crippen LogP contribution in [0.5, 0.6) is 0 Å². The lowest BCUT2D eigenvalue weighted by atomic mass is 10.1. The van der Waals surface area contributed by atoms with Gasteiger partial charge in [-0.2, -0.15) is 0 Å². The van der Waals surface area contributed by atoms with Gasteiger partial charge in [-0.25, -0.2) is 9.97 Å². The van der Waals surface area contributed by atoms with E-state index in [0.29, 0.717) is 0 Å². The minimum absolute atomic E-state index is 0.725. The van der Waals surface area contributed by atoms with E-state index >= 15 is 0 Å². The molecule has 0 bridgehead atoms. The van der Waals surface area contributed by atoms with E-state index in [0.717, 1.165) is 40.8 Å². The lowest BCUT2D eigenvalue weighted by molar-refractivity contribution is 0.933. The van der Waals surface area contributed by atoms with Crippen LogP contribution >= 0.6 is 11.8 Å². The molecule has 0 aliphatic carbocycles. The first-order valence-corrected chi connectivity index (χ1v) is 7.02. The Bertz CT molecular complexity index is 500. The molecular weight excluding hydrogens is 242 g/mol. The maximum absolute atomic E-state index is 5.50. The van der Waals surface area contributed by atoms with Crippen LogP contribution in [0, 0.1) is 6.92 Å². The highest BCUT2D eigenvalue weighted by atomic mass is 32.2. The maximum Gasteiger partial charge on any atom is 0.127 e. The summed E-state index contributed by atoms with van der Waals surface area (Å²) in [7, 11) is 0. The average Bonchev–Trinajstić information content (AvgIpc) is 2.39. The Balaban J connectivity index is 2.21. The van der Waals surface area contributed by atoms with Crippen molar-refractivity contribution in [3.8, 4) is 11.3 Å². The summed E-state index contributed by atoms with van der Waals surface area (Å²) >= 11 is 1.74. The molecule has 18 heavy (non-hydrogen) atoms. The third-order valence-corrected chi connectivity index (χ3v) is 3.48. The van der Waals surface area contributed by atoms with Crippen LogP contribution in [0.1, 0.15) is 12.2 Å². The molecule has 0 spiro atoms. The smallest absolute Gasteiger partial charge is 0.127 e. The summed E-state index contributed by atoms with van der Waals surface area (Å²) in [5, 5.41) is 1.02. The van der Waals surface area contributed by atoms with E-state index in [9.17, 15) is 0 Å². The van der Waals surface area contributed by atoms with Crippen molar-refractivity contribution in [1.29, 1.82) is 0 Å². The highest BCUT2D eigenvalue weighted by Gasteiger charge is 2.04. The summed E-state index contributed by atoms with van der Waals surface area (Å²) in [6, 6.07) is 12.2. The minimum atomic E-state index is 0.725. The third kappa shape index (κ3) is 3.55. The van der Waals surface area contributed by atoms with Crippen LogP contribution in [0.2, 0.25) is 0 Å². The predicted octanol–water partition coefficient (Wildman–Crippen LogP) is 2.89. The van der Waals surface area contributed by atoms with Crippen LogP contribution in [0.4, 0.5) is 0 Å². The molecule has 2 N–H and O–H groups in total. The Morgan fingerprint density at radius 3 is 2.67 bits per heavy atom. The first-order valence-electron chi connectivity index (χ1n) is 6.03. The number of aryl methyl sites for hydroxylation is 1. The van der Waals surface area contributed by atoms with Crippen LogP contribution in [0.3, 0.4) is 0 Å². The summed E-state index contributed by atoms with van der Waals surface area (Å²) in [6.45, 7) is 2.65. The standard InChI is InChI=1S/C14H17N3S/c1-11-16-13(12-6-3-2-4-7-12)10-14(17-11)18-9-5-8-15/h2-4,6-7,10H,5,8-9,15H2,1H3. The molecule has 0 fully saturated rings. The van der Waals surface area contributed by atoms with Gasteiger partial charge in [-0.3, -0.25) is 0 Å². The second-order valence-electron chi connectivity index (χ2n) is 4.00. The fourth-order valence-corrected chi connectivity index (χ4v) is 2.54.